The molecule has 3 rings (SSSR count). The summed E-state index contributed by atoms with van der Waals surface area (Å²) in [6, 6.07) is 0. The number of nitrogens with one attached hydrogen (secondary N) is 1. The Balaban J connectivity index is 1.50. The molecule has 1 unspecified atom stereocenters. The number of nitrogens with zero attached hydrogens (tertiary/aromatic N) is 6. The lowest BCUT2D eigenvalue weighted by Crippen LogP contribution is -2.55. The number of guanidine groups is 1. The Hall–Kier alpha value is -2.16. The van der Waals surface area contributed by atoms with E-state index in [-0.39, 0.29) is 12.0 Å². The monoisotopic (exact) mass is 349 g/mol. The van der Waals surface area contributed by atoms with Gasteiger partial charge in [0.05, 0.1) is 6.54 Å². The molecule has 0 aliphatic carbocycles. The van der Waals surface area contributed by atoms with Gasteiger partial charge < -0.3 is 24.4 Å². The van der Waals surface area contributed by atoms with Crippen molar-refractivity contribution in [2.24, 2.45) is 12.0 Å². The topological polar surface area (TPSA) is 87.9 Å². The molecule has 0 saturated carbocycles. The minimum Gasteiger partial charge on any atom is -0.368 e. The van der Waals surface area contributed by atoms with Gasteiger partial charge in [0.2, 0.25) is 0 Å². The molecule has 9 heteroatoms. The van der Waals surface area contributed by atoms with Crippen LogP contribution in [0.1, 0.15) is 24.5 Å². The lowest BCUT2D eigenvalue weighted by Gasteiger charge is -2.37. The van der Waals surface area contributed by atoms with Crippen molar-refractivity contribution in [2.75, 3.05) is 39.8 Å². The molecule has 1 N–H and O–H groups in total. The maximum Gasteiger partial charge on any atom is 0.251 e. The predicted molar refractivity (Wildman–Crippen MR) is 93.1 cm³/mol. The highest BCUT2D eigenvalue weighted by molar-refractivity contribution is 5.82. The first kappa shape index (κ1) is 17.7. The van der Waals surface area contributed by atoms with Crippen molar-refractivity contribution in [1.29, 1.82) is 0 Å². The van der Waals surface area contributed by atoms with Crippen molar-refractivity contribution in [3.63, 3.8) is 0 Å². The highest BCUT2D eigenvalue weighted by atomic mass is 16.5. The second kappa shape index (κ2) is 7.81. The average Bonchev–Trinajstić information content (AvgIpc) is 3.28. The van der Waals surface area contributed by atoms with Gasteiger partial charge in [-0.25, -0.2) is 0 Å². The largest absolute Gasteiger partial charge is 0.368 e. The molecule has 2 aliphatic rings. The fourth-order valence-electron chi connectivity index (χ4n) is 3.21. The third-order valence-corrected chi connectivity index (χ3v) is 4.90. The van der Waals surface area contributed by atoms with Gasteiger partial charge in [0.1, 0.15) is 11.9 Å². The standard InChI is InChI=1S/C16H27N7O2/c1-12-19-20-14(21(12)3)11-18-16(17-2)23-8-6-22(7-9-23)15(24)13-5-4-10-25-13/h13H,4-11H2,1-3H3,(H,17,18). The summed E-state index contributed by atoms with van der Waals surface area (Å²) in [7, 11) is 3.72. The number of aryl methyl sites for hydroxylation is 1. The van der Waals surface area contributed by atoms with E-state index in [1.807, 2.05) is 23.4 Å². The normalized spacial score (nSPS) is 21.7. The summed E-state index contributed by atoms with van der Waals surface area (Å²) in [5.74, 6) is 2.71. The summed E-state index contributed by atoms with van der Waals surface area (Å²) in [6.45, 7) is 6.11. The molecule has 2 fully saturated rings. The van der Waals surface area contributed by atoms with Crippen LogP contribution < -0.4 is 5.32 Å². The molecule has 138 valence electrons. The first-order valence-corrected chi connectivity index (χ1v) is 8.81. The van der Waals surface area contributed by atoms with Crippen LogP contribution in [0.3, 0.4) is 0 Å². The number of ether oxygens (including phenoxy) is 1. The Morgan fingerprint density at radius 1 is 1.28 bits per heavy atom. The highest BCUT2D eigenvalue weighted by Crippen LogP contribution is 2.16. The van der Waals surface area contributed by atoms with Crippen molar-refractivity contribution in [1.82, 2.24) is 29.9 Å². The van der Waals surface area contributed by atoms with Gasteiger partial charge in [0.15, 0.2) is 11.8 Å². The molecule has 0 radical (unpaired) electrons. The summed E-state index contributed by atoms with van der Waals surface area (Å²) in [4.78, 5) is 20.8. The molecule has 1 aromatic heterocycles. The van der Waals surface area contributed by atoms with E-state index in [0.29, 0.717) is 26.2 Å². The lowest BCUT2D eigenvalue weighted by atomic mass is 10.2. The van der Waals surface area contributed by atoms with Crippen LogP contribution in [0.5, 0.6) is 0 Å². The third kappa shape index (κ3) is 3.92. The van der Waals surface area contributed by atoms with Crippen LogP contribution in [0, 0.1) is 6.92 Å². The van der Waals surface area contributed by atoms with Gasteiger partial charge in [-0.15, -0.1) is 10.2 Å². The summed E-state index contributed by atoms with van der Waals surface area (Å²) < 4.78 is 7.46. The van der Waals surface area contributed by atoms with Crippen molar-refractivity contribution in [3.05, 3.63) is 11.6 Å². The zero-order valence-electron chi connectivity index (χ0n) is 15.2. The van der Waals surface area contributed by atoms with Crippen LogP contribution in [0.25, 0.3) is 0 Å². The Bertz CT molecular complexity index is 628. The first-order chi connectivity index (χ1) is 12.1. The van der Waals surface area contributed by atoms with E-state index in [2.05, 4.69) is 25.4 Å². The molecule has 3 heterocycles. The smallest absolute Gasteiger partial charge is 0.251 e. The molecular weight excluding hydrogens is 322 g/mol. The molecule has 1 amide bonds. The van der Waals surface area contributed by atoms with Crippen LogP contribution in [0.2, 0.25) is 0 Å². The van der Waals surface area contributed by atoms with Gasteiger partial charge in [0, 0.05) is 46.9 Å². The molecule has 0 bridgehead atoms. The summed E-state index contributed by atoms with van der Waals surface area (Å²) >= 11 is 0. The molecule has 25 heavy (non-hydrogen) atoms. The quantitative estimate of drug-likeness (QED) is 0.586. The second-order valence-corrected chi connectivity index (χ2v) is 6.44. The number of carbonyl (C=O) groups excluding carboxylic acids is 1. The molecule has 0 aromatic carbocycles. The van der Waals surface area contributed by atoms with Gasteiger partial charge >= 0.3 is 0 Å². The fraction of sp³-hybridized carbons (Fsp3) is 0.750. The van der Waals surface area contributed by atoms with Crippen LogP contribution in [0.4, 0.5) is 0 Å². The van der Waals surface area contributed by atoms with E-state index >= 15 is 0 Å². The molecule has 2 saturated heterocycles. The van der Waals surface area contributed by atoms with Gasteiger partial charge in [-0.05, 0) is 19.8 Å². The minimum absolute atomic E-state index is 0.134. The molecule has 2 aliphatic heterocycles. The minimum atomic E-state index is -0.233. The molecule has 1 atom stereocenters. The first-order valence-electron chi connectivity index (χ1n) is 8.81. The Labute approximate surface area is 148 Å². The third-order valence-electron chi connectivity index (χ3n) is 4.90. The van der Waals surface area contributed by atoms with E-state index in [1.165, 1.54) is 0 Å². The van der Waals surface area contributed by atoms with Gasteiger partial charge in [0.25, 0.3) is 5.91 Å². The van der Waals surface area contributed by atoms with Crippen molar-refractivity contribution in [3.8, 4) is 0 Å². The summed E-state index contributed by atoms with van der Waals surface area (Å²) in [6.07, 6.45) is 1.59. The number of amides is 1. The molecule has 9 nitrogen and oxygen atoms in total. The van der Waals surface area contributed by atoms with E-state index in [9.17, 15) is 4.79 Å². The van der Waals surface area contributed by atoms with Crippen LogP contribution in [-0.4, -0.2) is 82.4 Å². The van der Waals surface area contributed by atoms with Gasteiger partial charge in [-0.3, -0.25) is 9.79 Å². The Morgan fingerprint density at radius 3 is 2.56 bits per heavy atom. The number of hydrogen-bond donors (Lipinski definition) is 1. The maximum atomic E-state index is 12.4. The lowest BCUT2D eigenvalue weighted by molar-refractivity contribution is -0.142. The summed E-state index contributed by atoms with van der Waals surface area (Å²) in [5, 5.41) is 11.6. The SMILES string of the molecule is CN=C(NCc1nnc(C)n1C)N1CCN(C(=O)C2CCCO2)CC1. The van der Waals surface area contributed by atoms with Gasteiger partial charge in [-0.1, -0.05) is 0 Å². The number of aromatic nitrogens is 3. The van der Waals surface area contributed by atoms with E-state index in [0.717, 1.165) is 43.5 Å². The fourth-order valence-corrected chi connectivity index (χ4v) is 3.21. The van der Waals surface area contributed by atoms with Crippen LogP contribution in [-0.2, 0) is 23.1 Å². The maximum absolute atomic E-state index is 12.4. The van der Waals surface area contributed by atoms with Crippen LogP contribution >= 0.6 is 0 Å². The highest BCUT2D eigenvalue weighted by Gasteiger charge is 2.30. The molecular formula is C16H27N7O2. The number of rotatable bonds is 3. The van der Waals surface area contributed by atoms with E-state index < -0.39 is 0 Å². The number of piperazine rings is 1. The number of carbonyl (C=O) groups is 1. The molecule has 1 aromatic rings. The van der Waals surface area contributed by atoms with E-state index in [4.69, 9.17) is 4.74 Å². The van der Waals surface area contributed by atoms with Crippen molar-refractivity contribution >= 4 is 11.9 Å². The van der Waals surface area contributed by atoms with Crippen LogP contribution in [0.15, 0.2) is 4.99 Å². The predicted octanol–water partition coefficient (Wildman–Crippen LogP) is -0.478. The van der Waals surface area contributed by atoms with E-state index in [1.54, 1.807) is 7.05 Å². The number of hydrogen-bond acceptors (Lipinski definition) is 5. The Kier molecular flexibility index (Phi) is 5.52. The molecule has 0 spiro atoms. The zero-order valence-corrected chi connectivity index (χ0v) is 15.2. The Morgan fingerprint density at radius 2 is 2.00 bits per heavy atom. The van der Waals surface area contributed by atoms with Crippen molar-refractivity contribution < 1.29 is 9.53 Å². The van der Waals surface area contributed by atoms with Gasteiger partial charge in [-0.2, -0.15) is 0 Å². The number of aliphatic imine (C=N–C) groups is 1. The average molecular weight is 349 g/mol. The zero-order chi connectivity index (χ0) is 17.8. The summed E-state index contributed by atoms with van der Waals surface area (Å²) in [5.41, 5.74) is 0. The van der Waals surface area contributed by atoms with Crippen molar-refractivity contribution in [2.45, 2.75) is 32.4 Å². The second-order valence-electron chi connectivity index (χ2n) is 6.44.